The van der Waals surface area contributed by atoms with Crippen molar-refractivity contribution in [3.8, 4) is 0 Å². The second kappa shape index (κ2) is 6.10. The third-order valence-corrected chi connectivity index (χ3v) is 2.25. The molecule has 2 nitrogen and oxygen atoms in total. The van der Waals surface area contributed by atoms with Gasteiger partial charge in [0.2, 0.25) is 0 Å². The van der Waals surface area contributed by atoms with E-state index >= 15 is 0 Å². The lowest BCUT2D eigenvalue weighted by Crippen LogP contribution is -2.32. The van der Waals surface area contributed by atoms with E-state index in [1.807, 2.05) is 0 Å². The molecule has 0 aliphatic heterocycles. The Bertz CT molecular complexity index is 397. The molecule has 1 aromatic carbocycles. The van der Waals surface area contributed by atoms with Gasteiger partial charge in [0.25, 0.3) is 0 Å². The van der Waals surface area contributed by atoms with Gasteiger partial charge >= 0.3 is 12.3 Å². The number of ether oxygens (including phenoxy) is 1. The first-order chi connectivity index (χ1) is 8.38. The summed E-state index contributed by atoms with van der Waals surface area (Å²) < 4.78 is 66.6. The number of nitrogens with two attached hydrogens (primary N) is 1. The number of halogens is 5. The molecule has 2 N–H and O–H groups in total. The molecular weight excluding hydrogens is 257 g/mol. The minimum Gasteiger partial charge on any atom is -0.370 e. The maximum atomic E-state index is 13.6. The Morgan fingerprint density at radius 2 is 1.83 bits per heavy atom. The quantitative estimate of drug-likeness (QED) is 0.806. The van der Waals surface area contributed by atoms with Gasteiger partial charge in [-0.2, -0.15) is 8.78 Å². The van der Waals surface area contributed by atoms with Crippen molar-refractivity contribution in [3.63, 3.8) is 0 Å². The van der Waals surface area contributed by atoms with Gasteiger partial charge in [-0.05, 0) is 0 Å². The molecule has 7 heteroatoms. The summed E-state index contributed by atoms with van der Waals surface area (Å²) in [6, 6.07) is 4.23. The van der Waals surface area contributed by atoms with E-state index in [1.165, 1.54) is 18.2 Å². The fourth-order valence-electron chi connectivity index (χ4n) is 1.26. The average molecular weight is 269 g/mol. The van der Waals surface area contributed by atoms with Gasteiger partial charge in [-0.15, -0.1) is 0 Å². The highest BCUT2D eigenvalue weighted by atomic mass is 19.3. The van der Waals surface area contributed by atoms with Gasteiger partial charge in [-0.3, -0.25) is 0 Å². The third-order valence-electron chi connectivity index (χ3n) is 2.25. The summed E-state index contributed by atoms with van der Waals surface area (Å²) in [4.78, 5) is 0. The number of hydrogen-bond acceptors (Lipinski definition) is 2. The van der Waals surface area contributed by atoms with Crippen molar-refractivity contribution in [2.75, 3.05) is 6.61 Å². The molecule has 0 unspecified atom stereocenters. The third kappa shape index (κ3) is 3.64. The van der Waals surface area contributed by atoms with Crippen molar-refractivity contribution >= 4 is 0 Å². The lowest BCUT2D eigenvalue weighted by atomic mass is 10.1. The van der Waals surface area contributed by atoms with Crippen LogP contribution in [-0.4, -0.2) is 19.0 Å². The maximum Gasteiger partial charge on any atom is 0.330 e. The van der Waals surface area contributed by atoms with Crippen molar-refractivity contribution < 1.29 is 26.7 Å². The number of rotatable bonds is 6. The van der Waals surface area contributed by atoms with Gasteiger partial charge in [0.05, 0.1) is 6.61 Å². The Balaban J connectivity index is 2.60. The Morgan fingerprint density at radius 3 is 2.39 bits per heavy atom. The van der Waals surface area contributed by atoms with Crippen LogP contribution in [0, 0.1) is 5.82 Å². The molecule has 0 radical (unpaired) electrons. The average Bonchev–Trinajstić information content (AvgIpc) is 2.31. The van der Waals surface area contributed by atoms with Crippen molar-refractivity contribution in [3.05, 3.63) is 35.1 Å². The van der Waals surface area contributed by atoms with Gasteiger partial charge in [0.15, 0.2) is 0 Å². The molecule has 0 fully saturated rings. The highest BCUT2D eigenvalue weighted by Crippen LogP contribution is 2.23. The zero-order valence-corrected chi connectivity index (χ0v) is 9.31. The molecule has 102 valence electrons. The Morgan fingerprint density at radius 1 is 1.22 bits per heavy atom. The van der Waals surface area contributed by atoms with E-state index < -0.39 is 31.4 Å². The summed E-state index contributed by atoms with van der Waals surface area (Å²) in [7, 11) is 0. The second-order valence-electron chi connectivity index (χ2n) is 3.65. The zero-order chi connectivity index (χ0) is 13.8. The van der Waals surface area contributed by atoms with Gasteiger partial charge in [0.1, 0.15) is 12.4 Å². The first kappa shape index (κ1) is 14.8. The molecule has 0 aromatic heterocycles. The largest absolute Gasteiger partial charge is 0.370 e. The predicted molar refractivity (Wildman–Crippen MR) is 54.9 cm³/mol. The van der Waals surface area contributed by atoms with Crippen LogP contribution in [0.5, 0.6) is 0 Å². The first-order valence-corrected chi connectivity index (χ1v) is 5.08. The van der Waals surface area contributed by atoms with Crippen LogP contribution in [0.15, 0.2) is 18.2 Å². The van der Waals surface area contributed by atoms with Crippen molar-refractivity contribution in [2.45, 2.75) is 25.5 Å². The predicted octanol–water partition coefficient (Wildman–Crippen LogP) is 2.70. The molecule has 0 amide bonds. The first-order valence-electron chi connectivity index (χ1n) is 5.08. The van der Waals surface area contributed by atoms with E-state index in [4.69, 9.17) is 5.73 Å². The minimum atomic E-state index is -4.23. The highest BCUT2D eigenvalue weighted by molar-refractivity contribution is 5.25. The monoisotopic (exact) mass is 269 g/mol. The lowest BCUT2D eigenvalue weighted by molar-refractivity contribution is -0.168. The molecule has 0 aliphatic rings. The molecule has 0 spiro atoms. The van der Waals surface area contributed by atoms with Crippen LogP contribution in [0.2, 0.25) is 0 Å². The van der Waals surface area contributed by atoms with E-state index in [9.17, 15) is 22.0 Å². The number of alkyl halides is 4. The van der Waals surface area contributed by atoms with E-state index in [0.717, 1.165) is 0 Å². The van der Waals surface area contributed by atoms with Gasteiger partial charge < -0.3 is 10.5 Å². The van der Waals surface area contributed by atoms with Crippen LogP contribution < -0.4 is 5.73 Å². The topological polar surface area (TPSA) is 35.2 Å². The zero-order valence-electron chi connectivity index (χ0n) is 9.31. The maximum absolute atomic E-state index is 13.6. The van der Waals surface area contributed by atoms with Crippen LogP contribution in [0.25, 0.3) is 0 Å². The van der Waals surface area contributed by atoms with Crippen LogP contribution >= 0.6 is 0 Å². The molecule has 0 bridgehead atoms. The summed E-state index contributed by atoms with van der Waals surface area (Å²) in [6.07, 6.45) is -3.81. The molecule has 1 aromatic rings. The van der Waals surface area contributed by atoms with E-state index in [2.05, 4.69) is 4.74 Å². The molecule has 0 saturated carbocycles. The molecule has 18 heavy (non-hydrogen) atoms. The summed E-state index contributed by atoms with van der Waals surface area (Å²) in [6.45, 7) is -2.02. The SMILES string of the molecule is NCc1cccc(COCC(F)(F)C(F)F)c1F. The smallest absolute Gasteiger partial charge is 0.330 e. The fraction of sp³-hybridized carbons (Fsp3) is 0.455. The summed E-state index contributed by atoms with van der Waals surface area (Å²) >= 11 is 0. The van der Waals surface area contributed by atoms with E-state index in [0.29, 0.717) is 0 Å². The molecule has 0 saturated heterocycles. The fourth-order valence-corrected chi connectivity index (χ4v) is 1.26. The molecule has 1 rings (SSSR count). The molecule has 0 atom stereocenters. The van der Waals surface area contributed by atoms with E-state index in [1.54, 1.807) is 0 Å². The van der Waals surface area contributed by atoms with Crippen LogP contribution in [0.4, 0.5) is 22.0 Å². The van der Waals surface area contributed by atoms with Gasteiger partial charge in [0, 0.05) is 17.7 Å². The molecular formula is C11H12F5NO. The van der Waals surface area contributed by atoms with Crippen LogP contribution in [-0.2, 0) is 17.9 Å². The standard InChI is InChI=1S/C11H12F5NO/c12-9-7(4-17)2-1-3-8(9)5-18-6-11(15,16)10(13)14/h1-3,10H,4-6,17H2. The Labute approximate surface area is 101 Å². The Hall–Kier alpha value is -1.21. The van der Waals surface area contributed by atoms with E-state index in [-0.39, 0.29) is 17.7 Å². The minimum absolute atomic E-state index is 0.00279. The molecule has 0 heterocycles. The summed E-state index contributed by atoms with van der Waals surface area (Å²) in [5.74, 6) is -4.90. The lowest BCUT2D eigenvalue weighted by Gasteiger charge is -2.15. The van der Waals surface area contributed by atoms with Crippen molar-refractivity contribution in [1.29, 1.82) is 0 Å². The number of benzene rings is 1. The van der Waals surface area contributed by atoms with Crippen molar-refractivity contribution in [2.24, 2.45) is 5.73 Å². The van der Waals surface area contributed by atoms with Gasteiger partial charge in [-0.1, -0.05) is 18.2 Å². The van der Waals surface area contributed by atoms with Gasteiger partial charge in [-0.25, -0.2) is 13.2 Å². The van der Waals surface area contributed by atoms with Crippen LogP contribution in [0.1, 0.15) is 11.1 Å². The van der Waals surface area contributed by atoms with Crippen molar-refractivity contribution in [1.82, 2.24) is 0 Å². The molecule has 0 aliphatic carbocycles. The summed E-state index contributed by atoms with van der Waals surface area (Å²) in [5.41, 5.74) is 5.47. The normalized spacial score (nSPS) is 12.2. The Kier molecular flexibility index (Phi) is 5.03. The number of hydrogen-bond donors (Lipinski definition) is 1. The second-order valence-corrected chi connectivity index (χ2v) is 3.65. The van der Waals surface area contributed by atoms with Crippen LogP contribution in [0.3, 0.4) is 0 Å². The highest BCUT2D eigenvalue weighted by Gasteiger charge is 2.40. The summed E-state index contributed by atoms with van der Waals surface area (Å²) in [5, 5.41) is 0.